The topological polar surface area (TPSA) is 101 Å². The van der Waals surface area contributed by atoms with Crippen LogP contribution >= 0.6 is 31.9 Å². The first kappa shape index (κ1) is 24.5. The van der Waals surface area contributed by atoms with E-state index in [0.717, 1.165) is 8.95 Å². The number of benzene rings is 2. The summed E-state index contributed by atoms with van der Waals surface area (Å²) in [6.07, 6.45) is 2.47. The molecule has 10 heteroatoms. The number of hydrogen-bond acceptors (Lipinski definition) is 6. The number of ether oxygens (including phenoxy) is 2. The molecule has 0 fully saturated rings. The van der Waals surface area contributed by atoms with Crippen LogP contribution in [0.2, 0.25) is 0 Å². The van der Waals surface area contributed by atoms with Gasteiger partial charge in [-0.25, -0.2) is 10.9 Å². The summed E-state index contributed by atoms with van der Waals surface area (Å²) in [5, 5.41) is 7.77. The van der Waals surface area contributed by atoms with Crippen molar-refractivity contribution in [1.82, 2.24) is 10.9 Å². The van der Waals surface area contributed by atoms with Gasteiger partial charge in [0.15, 0.2) is 0 Å². The zero-order chi connectivity index (χ0) is 22.6. The third-order valence-corrected chi connectivity index (χ3v) is 4.64. The van der Waals surface area contributed by atoms with E-state index < -0.39 is 18.2 Å². The Balaban J connectivity index is 1.88. The van der Waals surface area contributed by atoms with Gasteiger partial charge in [0.1, 0.15) is 17.9 Å². The van der Waals surface area contributed by atoms with Crippen molar-refractivity contribution in [3.63, 3.8) is 0 Å². The zero-order valence-electron chi connectivity index (χ0n) is 17.0. The Bertz CT molecular complexity index is 902. The molecule has 2 aromatic carbocycles. The third kappa shape index (κ3) is 8.50. The highest BCUT2D eigenvalue weighted by atomic mass is 79.9. The standard InChI is InChI=1S/C21H22Br2N4O4/c1-3-30-18-7-5-16(22)9-14(18)12-24-26-20(28)11-21(29)27-25-13-15-10-17(23)6-8-19(15)31-4-2/h5-10,12-13H,3-4,11H2,1-2H3,(H,26,28)(H,27,29)/b24-12+,25-13+. The van der Waals surface area contributed by atoms with Gasteiger partial charge in [-0.3, -0.25) is 9.59 Å². The lowest BCUT2D eigenvalue weighted by Gasteiger charge is -2.07. The molecule has 2 amide bonds. The van der Waals surface area contributed by atoms with Gasteiger partial charge < -0.3 is 9.47 Å². The second kappa shape index (κ2) is 12.9. The molecular formula is C21H22Br2N4O4. The van der Waals surface area contributed by atoms with Gasteiger partial charge in [0, 0.05) is 20.1 Å². The quantitative estimate of drug-likeness (QED) is 0.264. The van der Waals surface area contributed by atoms with E-state index in [9.17, 15) is 9.59 Å². The molecule has 2 rings (SSSR count). The van der Waals surface area contributed by atoms with Crippen LogP contribution in [0.1, 0.15) is 31.4 Å². The van der Waals surface area contributed by atoms with Crippen molar-refractivity contribution in [3.05, 3.63) is 56.5 Å². The minimum absolute atomic E-state index is 0.428. The van der Waals surface area contributed by atoms with Crippen LogP contribution in [0.25, 0.3) is 0 Å². The molecular weight excluding hydrogens is 532 g/mol. The van der Waals surface area contributed by atoms with Crippen molar-refractivity contribution in [2.75, 3.05) is 13.2 Å². The average molecular weight is 554 g/mol. The molecule has 8 nitrogen and oxygen atoms in total. The number of halogens is 2. The van der Waals surface area contributed by atoms with Gasteiger partial charge in [-0.1, -0.05) is 31.9 Å². The zero-order valence-corrected chi connectivity index (χ0v) is 20.2. The Labute approximate surface area is 197 Å². The Kier molecular flexibility index (Phi) is 10.2. The number of rotatable bonds is 10. The SMILES string of the molecule is CCOc1ccc(Br)cc1/C=N/NC(=O)CC(=O)N/N=C/c1cc(Br)ccc1OCC. The van der Waals surface area contributed by atoms with Gasteiger partial charge in [-0.15, -0.1) is 0 Å². The van der Waals surface area contributed by atoms with E-state index >= 15 is 0 Å². The number of amides is 2. The largest absolute Gasteiger partial charge is 0.493 e. The highest BCUT2D eigenvalue weighted by molar-refractivity contribution is 9.10. The van der Waals surface area contributed by atoms with E-state index in [1.54, 1.807) is 24.3 Å². The summed E-state index contributed by atoms with van der Waals surface area (Å²) in [5.74, 6) is 0.119. The maximum Gasteiger partial charge on any atom is 0.249 e. The summed E-state index contributed by atoms with van der Waals surface area (Å²) in [7, 11) is 0. The lowest BCUT2D eigenvalue weighted by Crippen LogP contribution is -2.27. The summed E-state index contributed by atoms with van der Waals surface area (Å²) in [6, 6.07) is 10.9. The molecule has 0 saturated heterocycles. The summed E-state index contributed by atoms with van der Waals surface area (Å²) in [5.41, 5.74) is 6.00. The highest BCUT2D eigenvalue weighted by Crippen LogP contribution is 2.22. The monoisotopic (exact) mass is 552 g/mol. The molecule has 2 aromatic rings. The minimum atomic E-state index is -0.575. The summed E-state index contributed by atoms with van der Waals surface area (Å²) in [6.45, 7) is 4.75. The lowest BCUT2D eigenvalue weighted by atomic mass is 10.2. The van der Waals surface area contributed by atoms with Crippen molar-refractivity contribution in [3.8, 4) is 11.5 Å². The molecule has 0 aromatic heterocycles. The van der Waals surface area contributed by atoms with E-state index in [-0.39, 0.29) is 0 Å². The Morgan fingerprint density at radius 3 is 1.65 bits per heavy atom. The van der Waals surface area contributed by atoms with E-state index in [2.05, 4.69) is 52.9 Å². The van der Waals surface area contributed by atoms with Crippen LogP contribution in [-0.2, 0) is 9.59 Å². The number of nitrogens with zero attached hydrogens (tertiary/aromatic N) is 2. The van der Waals surface area contributed by atoms with Gasteiger partial charge >= 0.3 is 0 Å². The van der Waals surface area contributed by atoms with Crippen molar-refractivity contribution in [1.29, 1.82) is 0 Å². The first-order valence-electron chi connectivity index (χ1n) is 9.41. The van der Waals surface area contributed by atoms with Crippen molar-refractivity contribution in [2.45, 2.75) is 20.3 Å². The lowest BCUT2D eigenvalue weighted by molar-refractivity contribution is -0.129. The molecule has 0 spiro atoms. The van der Waals surface area contributed by atoms with Gasteiger partial charge in [-0.05, 0) is 50.2 Å². The van der Waals surface area contributed by atoms with Gasteiger partial charge in [-0.2, -0.15) is 10.2 Å². The summed E-state index contributed by atoms with van der Waals surface area (Å²) < 4.78 is 12.7. The van der Waals surface area contributed by atoms with Crippen LogP contribution < -0.4 is 20.3 Å². The summed E-state index contributed by atoms with van der Waals surface area (Å²) in [4.78, 5) is 23.9. The fraction of sp³-hybridized carbons (Fsp3) is 0.238. The Morgan fingerprint density at radius 1 is 0.839 bits per heavy atom. The van der Waals surface area contributed by atoms with Crippen LogP contribution in [-0.4, -0.2) is 37.5 Å². The minimum Gasteiger partial charge on any atom is -0.493 e. The third-order valence-electron chi connectivity index (χ3n) is 3.65. The first-order chi connectivity index (χ1) is 14.9. The van der Waals surface area contributed by atoms with Crippen LogP contribution in [0, 0.1) is 0 Å². The molecule has 2 N–H and O–H groups in total. The van der Waals surface area contributed by atoms with Crippen molar-refractivity contribution >= 4 is 56.1 Å². The maximum absolute atomic E-state index is 11.9. The molecule has 0 atom stereocenters. The fourth-order valence-electron chi connectivity index (χ4n) is 2.39. The van der Waals surface area contributed by atoms with E-state index in [4.69, 9.17) is 9.47 Å². The number of hydrazone groups is 2. The second-order valence-electron chi connectivity index (χ2n) is 5.99. The fourth-order valence-corrected chi connectivity index (χ4v) is 3.14. The number of carbonyl (C=O) groups excluding carboxylic acids is 2. The Morgan fingerprint density at radius 2 is 1.26 bits per heavy atom. The van der Waals surface area contributed by atoms with Crippen LogP contribution in [0.4, 0.5) is 0 Å². The maximum atomic E-state index is 11.9. The van der Waals surface area contributed by atoms with Gasteiger partial charge in [0.25, 0.3) is 0 Å². The van der Waals surface area contributed by atoms with Gasteiger partial charge in [0.2, 0.25) is 11.8 Å². The van der Waals surface area contributed by atoms with E-state index in [1.807, 2.05) is 26.0 Å². The van der Waals surface area contributed by atoms with Crippen molar-refractivity contribution in [2.24, 2.45) is 10.2 Å². The normalized spacial score (nSPS) is 11.0. The van der Waals surface area contributed by atoms with E-state index in [0.29, 0.717) is 35.8 Å². The molecule has 0 aliphatic heterocycles. The second-order valence-corrected chi connectivity index (χ2v) is 7.82. The number of carbonyl (C=O) groups is 2. The number of nitrogens with one attached hydrogen (secondary N) is 2. The average Bonchev–Trinajstić information content (AvgIpc) is 2.72. The molecule has 0 unspecified atom stereocenters. The van der Waals surface area contributed by atoms with Crippen molar-refractivity contribution < 1.29 is 19.1 Å². The molecule has 0 heterocycles. The molecule has 0 radical (unpaired) electrons. The van der Waals surface area contributed by atoms with Crippen LogP contribution in [0.5, 0.6) is 11.5 Å². The predicted molar refractivity (Wildman–Crippen MR) is 127 cm³/mol. The molecule has 31 heavy (non-hydrogen) atoms. The van der Waals surface area contributed by atoms with Crippen LogP contribution in [0.3, 0.4) is 0 Å². The summed E-state index contributed by atoms with van der Waals surface area (Å²) >= 11 is 6.75. The molecule has 0 saturated carbocycles. The first-order valence-corrected chi connectivity index (χ1v) is 11.0. The molecule has 0 aliphatic carbocycles. The number of hydrogen-bond donors (Lipinski definition) is 2. The smallest absolute Gasteiger partial charge is 0.249 e. The highest BCUT2D eigenvalue weighted by Gasteiger charge is 2.08. The molecule has 0 bridgehead atoms. The van der Waals surface area contributed by atoms with E-state index in [1.165, 1.54) is 12.4 Å². The molecule has 164 valence electrons. The van der Waals surface area contributed by atoms with Gasteiger partial charge in [0.05, 0.1) is 25.6 Å². The predicted octanol–water partition coefficient (Wildman–Crippen LogP) is 4.00. The Hall–Kier alpha value is -2.72. The molecule has 0 aliphatic rings. The van der Waals surface area contributed by atoms with Crippen LogP contribution in [0.15, 0.2) is 55.5 Å².